The molecule has 6 heteroatoms. The lowest BCUT2D eigenvalue weighted by atomic mass is 10.1. The molecule has 6 nitrogen and oxygen atoms in total. The monoisotopic (exact) mass is 280 g/mol. The van der Waals surface area contributed by atoms with Gasteiger partial charge in [-0.15, -0.1) is 0 Å². The summed E-state index contributed by atoms with van der Waals surface area (Å²) in [5, 5.41) is 14.2. The van der Waals surface area contributed by atoms with Gasteiger partial charge in [-0.05, 0) is 25.0 Å². The summed E-state index contributed by atoms with van der Waals surface area (Å²) in [6, 6.07) is 6.71. The second-order valence-corrected chi connectivity index (χ2v) is 4.51. The summed E-state index contributed by atoms with van der Waals surface area (Å²) in [5.74, 6) is -0.863. The molecule has 1 rings (SSSR count). The molecule has 0 saturated carbocycles. The third-order valence-electron chi connectivity index (χ3n) is 2.67. The van der Waals surface area contributed by atoms with Gasteiger partial charge < -0.3 is 20.5 Å². The van der Waals surface area contributed by atoms with Gasteiger partial charge in [0.25, 0.3) is 0 Å². The molecule has 1 atom stereocenters. The first kappa shape index (κ1) is 16.0. The van der Waals surface area contributed by atoms with Gasteiger partial charge in [-0.2, -0.15) is 0 Å². The Balaban J connectivity index is 2.62. The highest BCUT2D eigenvalue weighted by atomic mass is 16.5. The molecule has 0 aliphatic carbocycles. The number of hydrogen-bond acceptors (Lipinski definition) is 3. The van der Waals surface area contributed by atoms with Gasteiger partial charge in [0.15, 0.2) is 0 Å². The molecule has 2 amide bonds. The minimum Gasteiger partial charge on any atom is -0.481 e. The number of ether oxygens (including phenoxy) is 1. The molecule has 1 unspecified atom stereocenters. The Morgan fingerprint density at radius 1 is 1.35 bits per heavy atom. The second kappa shape index (κ2) is 8.16. The van der Waals surface area contributed by atoms with E-state index in [1.165, 1.54) is 0 Å². The van der Waals surface area contributed by atoms with Gasteiger partial charge in [-0.3, -0.25) is 4.79 Å². The Hall–Kier alpha value is -2.08. The molecule has 110 valence electrons. The smallest absolute Gasteiger partial charge is 0.319 e. The largest absolute Gasteiger partial charge is 0.481 e. The number of urea groups is 1. The van der Waals surface area contributed by atoms with Crippen LogP contribution >= 0.6 is 0 Å². The van der Waals surface area contributed by atoms with E-state index in [1.54, 1.807) is 25.3 Å². The van der Waals surface area contributed by atoms with Crippen LogP contribution in [-0.4, -0.2) is 36.9 Å². The van der Waals surface area contributed by atoms with Crippen LogP contribution in [0.3, 0.4) is 0 Å². The number of carbonyl (C=O) groups excluding carboxylic acids is 1. The lowest BCUT2D eigenvalue weighted by Crippen LogP contribution is -2.38. The first-order valence-corrected chi connectivity index (χ1v) is 6.39. The molecule has 20 heavy (non-hydrogen) atoms. The maximum atomic E-state index is 11.8. The van der Waals surface area contributed by atoms with Gasteiger partial charge in [0.1, 0.15) is 0 Å². The van der Waals surface area contributed by atoms with E-state index in [0.717, 1.165) is 5.56 Å². The number of hydrogen-bond donors (Lipinski definition) is 3. The maximum Gasteiger partial charge on any atom is 0.319 e. The van der Waals surface area contributed by atoms with Gasteiger partial charge in [0.05, 0.1) is 12.6 Å². The molecule has 0 aliphatic heterocycles. The van der Waals surface area contributed by atoms with Crippen molar-refractivity contribution in [3.05, 3.63) is 29.8 Å². The molecule has 0 fully saturated rings. The summed E-state index contributed by atoms with van der Waals surface area (Å²) in [7, 11) is 1.57. The molecule has 1 aromatic carbocycles. The predicted molar refractivity (Wildman–Crippen MR) is 75.9 cm³/mol. The molecule has 1 aromatic rings. The van der Waals surface area contributed by atoms with Gasteiger partial charge in [-0.1, -0.05) is 18.2 Å². The van der Waals surface area contributed by atoms with Crippen LogP contribution < -0.4 is 10.6 Å². The molecule has 0 radical (unpaired) electrons. The highest BCUT2D eigenvalue weighted by molar-refractivity contribution is 5.90. The molecule has 0 bridgehead atoms. The number of rotatable bonds is 7. The van der Waals surface area contributed by atoms with Crippen molar-refractivity contribution < 1.29 is 19.4 Å². The number of aryl methyl sites for hydroxylation is 1. The fourth-order valence-electron chi connectivity index (χ4n) is 1.78. The van der Waals surface area contributed by atoms with Gasteiger partial charge in [0.2, 0.25) is 0 Å². The number of nitrogens with one attached hydrogen (secondary N) is 2. The van der Waals surface area contributed by atoms with Crippen LogP contribution in [0.25, 0.3) is 0 Å². The van der Waals surface area contributed by atoms with Gasteiger partial charge in [0, 0.05) is 19.2 Å². The van der Waals surface area contributed by atoms with E-state index in [4.69, 9.17) is 9.84 Å². The number of amides is 2. The number of carboxylic acids is 1. The van der Waals surface area contributed by atoms with E-state index in [9.17, 15) is 9.59 Å². The van der Waals surface area contributed by atoms with Crippen molar-refractivity contribution in [1.82, 2.24) is 5.32 Å². The van der Waals surface area contributed by atoms with Crippen molar-refractivity contribution in [1.29, 1.82) is 0 Å². The Morgan fingerprint density at radius 3 is 2.70 bits per heavy atom. The van der Waals surface area contributed by atoms with Crippen LogP contribution in [0, 0.1) is 0 Å². The zero-order valence-electron chi connectivity index (χ0n) is 11.7. The fourth-order valence-corrected chi connectivity index (χ4v) is 1.78. The molecule has 0 aromatic heterocycles. The standard InChI is InChI=1S/C14H20N2O4/c1-10(9-20-2)15-14(19)16-12-6-4-3-5-11(12)7-8-13(17)18/h3-6,10H,7-9H2,1-2H3,(H,17,18)(H2,15,16,19). The topological polar surface area (TPSA) is 87.7 Å². The third kappa shape index (κ3) is 5.71. The van der Waals surface area contributed by atoms with Crippen molar-refractivity contribution in [3.63, 3.8) is 0 Å². The Labute approximate surface area is 118 Å². The van der Waals surface area contributed by atoms with Crippen LogP contribution in [0.5, 0.6) is 0 Å². The van der Waals surface area contributed by atoms with E-state index >= 15 is 0 Å². The molecule has 0 spiro atoms. The van der Waals surface area contributed by atoms with E-state index in [0.29, 0.717) is 18.7 Å². The number of carboxylic acid groups (broad SMARTS) is 1. The zero-order valence-corrected chi connectivity index (χ0v) is 11.7. The summed E-state index contributed by atoms with van der Waals surface area (Å²) in [4.78, 5) is 22.4. The van der Waals surface area contributed by atoms with Gasteiger partial charge >= 0.3 is 12.0 Å². The normalized spacial score (nSPS) is 11.7. The van der Waals surface area contributed by atoms with E-state index in [2.05, 4.69) is 10.6 Å². The maximum absolute atomic E-state index is 11.8. The first-order valence-electron chi connectivity index (χ1n) is 6.39. The van der Waals surface area contributed by atoms with Crippen LogP contribution in [-0.2, 0) is 16.0 Å². The molecular weight excluding hydrogens is 260 g/mol. The molecule has 3 N–H and O–H groups in total. The molecule has 0 saturated heterocycles. The Morgan fingerprint density at radius 2 is 2.05 bits per heavy atom. The zero-order chi connectivity index (χ0) is 15.0. The summed E-state index contributed by atoms with van der Waals surface area (Å²) in [5.41, 5.74) is 1.42. The lowest BCUT2D eigenvalue weighted by molar-refractivity contribution is -0.136. The number of benzene rings is 1. The molecule has 0 heterocycles. The minimum atomic E-state index is -0.863. The number of carbonyl (C=O) groups is 2. The van der Waals surface area contributed by atoms with Crippen molar-refractivity contribution in [2.45, 2.75) is 25.8 Å². The SMILES string of the molecule is COCC(C)NC(=O)Nc1ccccc1CCC(=O)O. The summed E-state index contributed by atoms with van der Waals surface area (Å²) >= 11 is 0. The first-order chi connectivity index (χ1) is 9.52. The van der Waals surface area contributed by atoms with Crippen molar-refractivity contribution in [2.75, 3.05) is 19.0 Å². The minimum absolute atomic E-state index is 0.0282. The fraction of sp³-hybridized carbons (Fsp3) is 0.429. The summed E-state index contributed by atoms with van der Waals surface area (Å²) in [6.07, 6.45) is 0.403. The van der Waals surface area contributed by atoms with Crippen molar-refractivity contribution in [3.8, 4) is 0 Å². The quantitative estimate of drug-likeness (QED) is 0.711. The Bertz CT molecular complexity index is 462. The summed E-state index contributed by atoms with van der Waals surface area (Å²) in [6.45, 7) is 2.26. The van der Waals surface area contributed by atoms with Crippen LogP contribution in [0.15, 0.2) is 24.3 Å². The van der Waals surface area contributed by atoms with Crippen LogP contribution in [0.4, 0.5) is 10.5 Å². The summed E-state index contributed by atoms with van der Waals surface area (Å²) < 4.78 is 4.94. The lowest BCUT2D eigenvalue weighted by Gasteiger charge is -2.15. The van der Waals surface area contributed by atoms with E-state index in [-0.39, 0.29) is 18.5 Å². The third-order valence-corrected chi connectivity index (χ3v) is 2.67. The van der Waals surface area contributed by atoms with E-state index in [1.807, 2.05) is 13.0 Å². The molecular formula is C14H20N2O4. The predicted octanol–water partition coefficient (Wildman–Crippen LogP) is 1.86. The number of para-hydroxylation sites is 1. The van der Waals surface area contributed by atoms with Crippen LogP contribution in [0.2, 0.25) is 0 Å². The number of methoxy groups -OCH3 is 1. The number of aliphatic carboxylic acids is 1. The average Bonchev–Trinajstić information content (AvgIpc) is 2.37. The second-order valence-electron chi connectivity index (χ2n) is 4.51. The highest BCUT2D eigenvalue weighted by Crippen LogP contribution is 2.16. The Kier molecular flexibility index (Phi) is 6.52. The van der Waals surface area contributed by atoms with Gasteiger partial charge in [-0.25, -0.2) is 4.79 Å². The highest BCUT2D eigenvalue weighted by Gasteiger charge is 2.10. The van der Waals surface area contributed by atoms with E-state index < -0.39 is 5.97 Å². The van der Waals surface area contributed by atoms with Crippen LogP contribution in [0.1, 0.15) is 18.9 Å². The van der Waals surface area contributed by atoms with Crippen molar-refractivity contribution >= 4 is 17.7 Å². The number of anilines is 1. The average molecular weight is 280 g/mol. The molecule has 0 aliphatic rings. The van der Waals surface area contributed by atoms with Crippen molar-refractivity contribution in [2.24, 2.45) is 0 Å².